The molecule has 1 aliphatic rings. The van der Waals surface area contributed by atoms with Crippen molar-refractivity contribution in [1.29, 1.82) is 0 Å². The Hall–Kier alpha value is -2.56. The topological polar surface area (TPSA) is 72.9 Å². The predicted molar refractivity (Wildman–Crippen MR) is 122 cm³/mol. The fourth-order valence-corrected chi connectivity index (χ4v) is 5.31. The first-order chi connectivity index (χ1) is 15.7. The first kappa shape index (κ1) is 21.3. The Kier molecular flexibility index (Phi) is 6.33. The highest BCUT2D eigenvalue weighted by Gasteiger charge is 2.23. The van der Waals surface area contributed by atoms with Crippen molar-refractivity contribution in [2.75, 3.05) is 13.1 Å². The third-order valence-electron chi connectivity index (χ3n) is 5.40. The highest BCUT2D eigenvalue weighted by Crippen LogP contribution is 2.36. The zero-order valence-corrected chi connectivity index (χ0v) is 19.3. The van der Waals surface area contributed by atoms with Crippen molar-refractivity contribution in [3.63, 3.8) is 0 Å². The van der Waals surface area contributed by atoms with E-state index in [0.717, 1.165) is 29.5 Å². The summed E-state index contributed by atoms with van der Waals surface area (Å²) in [6.07, 6.45) is 3.68. The van der Waals surface area contributed by atoms with Gasteiger partial charge in [0.1, 0.15) is 5.82 Å². The smallest absolute Gasteiger partial charge is 0.257 e. The van der Waals surface area contributed by atoms with E-state index in [1.54, 1.807) is 23.5 Å². The molecule has 1 aromatic carbocycles. The number of thioether (sulfide) groups is 1. The van der Waals surface area contributed by atoms with Gasteiger partial charge < -0.3 is 4.42 Å². The molecule has 1 atom stereocenters. The van der Waals surface area contributed by atoms with E-state index in [9.17, 15) is 4.39 Å². The number of hydrogen-bond acceptors (Lipinski definition) is 8. The molecule has 0 aliphatic carbocycles. The Labute approximate surface area is 193 Å². The molecule has 7 nitrogen and oxygen atoms in total. The summed E-state index contributed by atoms with van der Waals surface area (Å²) < 4.78 is 21.5. The van der Waals surface area contributed by atoms with E-state index >= 15 is 0 Å². The van der Waals surface area contributed by atoms with Crippen LogP contribution in [0.4, 0.5) is 4.39 Å². The zero-order valence-electron chi connectivity index (χ0n) is 17.6. The van der Waals surface area contributed by atoms with Crippen LogP contribution in [0.2, 0.25) is 0 Å². The fourth-order valence-electron chi connectivity index (χ4n) is 3.75. The van der Waals surface area contributed by atoms with E-state index in [-0.39, 0.29) is 11.1 Å². The maximum atomic E-state index is 13.6. The average Bonchev–Trinajstić information content (AvgIpc) is 3.56. The first-order valence-corrected chi connectivity index (χ1v) is 12.4. The van der Waals surface area contributed by atoms with Gasteiger partial charge in [0, 0.05) is 5.69 Å². The van der Waals surface area contributed by atoms with Crippen LogP contribution in [0.1, 0.15) is 43.2 Å². The van der Waals surface area contributed by atoms with Gasteiger partial charge in [0.05, 0.1) is 16.7 Å². The normalized spacial score (nSPS) is 15.8. The van der Waals surface area contributed by atoms with Crippen molar-refractivity contribution in [1.82, 2.24) is 29.9 Å². The lowest BCUT2D eigenvalue weighted by Crippen LogP contribution is -2.30. The van der Waals surface area contributed by atoms with E-state index in [4.69, 9.17) is 4.42 Å². The molecule has 1 saturated heterocycles. The second-order valence-corrected chi connectivity index (χ2v) is 9.99. The number of aromatic nitrogens is 5. The minimum atomic E-state index is -0.269. The summed E-state index contributed by atoms with van der Waals surface area (Å²) in [4.78, 5) is 3.34. The van der Waals surface area contributed by atoms with Crippen LogP contribution < -0.4 is 0 Å². The lowest BCUT2D eigenvalue weighted by Gasteiger charge is -2.26. The SMILES string of the molecule is CC(Sc1nnc(CN2CCCCC2)n1-c1ccc(F)cc1)c1nnc(-c2cccs2)o1. The molecule has 32 heavy (non-hydrogen) atoms. The van der Waals surface area contributed by atoms with Crippen molar-refractivity contribution in [3.8, 4) is 16.5 Å². The molecule has 0 amide bonds. The van der Waals surface area contributed by atoms with Gasteiger partial charge in [-0.25, -0.2) is 4.39 Å². The standard InChI is InChI=1S/C22H23FN6OS2/c1-15(20-25-26-21(30-20)18-6-5-13-31-18)32-22-27-24-19(14-28-11-3-2-4-12-28)29(22)17-9-7-16(23)8-10-17/h5-10,13,15H,2-4,11-12,14H2,1H3. The number of piperidine rings is 1. The van der Waals surface area contributed by atoms with Crippen LogP contribution in [0.25, 0.3) is 16.5 Å². The molecule has 4 heterocycles. The van der Waals surface area contributed by atoms with Crippen LogP contribution >= 0.6 is 23.1 Å². The summed E-state index contributed by atoms with van der Waals surface area (Å²) in [6.45, 7) is 4.83. The summed E-state index contributed by atoms with van der Waals surface area (Å²) >= 11 is 3.06. The molecule has 1 unspecified atom stereocenters. The Morgan fingerprint density at radius 3 is 2.62 bits per heavy atom. The van der Waals surface area contributed by atoms with Crippen molar-refractivity contribution in [2.45, 2.75) is 43.1 Å². The lowest BCUT2D eigenvalue weighted by molar-refractivity contribution is 0.214. The third-order valence-corrected chi connectivity index (χ3v) is 7.29. The Morgan fingerprint density at radius 1 is 1.06 bits per heavy atom. The van der Waals surface area contributed by atoms with E-state index in [1.165, 1.54) is 43.2 Å². The van der Waals surface area contributed by atoms with Crippen LogP contribution in [0.15, 0.2) is 51.4 Å². The Bertz CT molecular complexity index is 1150. The molecule has 0 spiro atoms. The Balaban J connectivity index is 1.41. The first-order valence-electron chi connectivity index (χ1n) is 10.6. The molecule has 5 rings (SSSR count). The summed E-state index contributed by atoms with van der Waals surface area (Å²) in [7, 11) is 0. The number of rotatable bonds is 7. The summed E-state index contributed by atoms with van der Waals surface area (Å²) in [5.41, 5.74) is 0.836. The minimum absolute atomic E-state index is 0.123. The van der Waals surface area contributed by atoms with Crippen LogP contribution in [-0.2, 0) is 6.54 Å². The Morgan fingerprint density at radius 2 is 1.88 bits per heavy atom. The summed E-state index contributed by atoms with van der Waals surface area (Å²) in [5.74, 6) is 1.63. The monoisotopic (exact) mass is 470 g/mol. The molecular formula is C22H23FN6OS2. The number of halogens is 1. The van der Waals surface area contributed by atoms with Crippen LogP contribution in [0.3, 0.4) is 0 Å². The number of nitrogens with zero attached hydrogens (tertiary/aromatic N) is 6. The largest absolute Gasteiger partial charge is 0.419 e. The number of likely N-dealkylation sites (tertiary alicyclic amines) is 1. The third kappa shape index (κ3) is 4.62. The van der Waals surface area contributed by atoms with Gasteiger partial charge in [-0.1, -0.05) is 24.2 Å². The van der Waals surface area contributed by atoms with Crippen LogP contribution in [-0.4, -0.2) is 43.0 Å². The van der Waals surface area contributed by atoms with Gasteiger partial charge in [-0.2, -0.15) is 0 Å². The van der Waals surface area contributed by atoms with E-state index < -0.39 is 0 Å². The molecular weight excluding hydrogens is 447 g/mol. The second-order valence-electron chi connectivity index (χ2n) is 7.73. The molecule has 10 heteroatoms. The van der Waals surface area contributed by atoms with Crippen molar-refractivity contribution < 1.29 is 8.81 Å². The number of hydrogen-bond donors (Lipinski definition) is 0. The molecule has 1 aliphatic heterocycles. The highest BCUT2D eigenvalue weighted by atomic mass is 32.2. The van der Waals surface area contributed by atoms with Crippen LogP contribution in [0, 0.1) is 5.82 Å². The average molecular weight is 471 g/mol. The number of thiophene rings is 1. The molecule has 0 saturated carbocycles. The lowest BCUT2D eigenvalue weighted by atomic mass is 10.1. The maximum Gasteiger partial charge on any atom is 0.257 e. The van der Waals surface area contributed by atoms with Gasteiger partial charge in [-0.05, 0) is 68.6 Å². The minimum Gasteiger partial charge on any atom is -0.419 e. The van der Waals surface area contributed by atoms with Crippen molar-refractivity contribution in [3.05, 3.63) is 59.3 Å². The van der Waals surface area contributed by atoms with Gasteiger partial charge in [-0.3, -0.25) is 9.47 Å². The van der Waals surface area contributed by atoms with E-state index in [1.807, 2.05) is 29.0 Å². The van der Waals surface area contributed by atoms with E-state index in [0.29, 0.717) is 23.5 Å². The zero-order chi connectivity index (χ0) is 21.9. The quantitative estimate of drug-likeness (QED) is 0.337. The molecule has 4 aromatic rings. The summed E-state index contributed by atoms with van der Waals surface area (Å²) in [6, 6.07) is 10.4. The highest BCUT2D eigenvalue weighted by molar-refractivity contribution is 7.99. The summed E-state index contributed by atoms with van der Waals surface area (Å²) in [5, 5.41) is 20.0. The fraction of sp³-hybridized carbons (Fsp3) is 0.364. The van der Waals surface area contributed by atoms with Gasteiger partial charge in [-0.15, -0.1) is 31.7 Å². The molecule has 0 bridgehead atoms. The molecule has 0 N–H and O–H groups in total. The van der Waals surface area contributed by atoms with Gasteiger partial charge >= 0.3 is 0 Å². The van der Waals surface area contributed by atoms with Crippen molar-refractivity contribution >= 4 is 23.1 Å². The van der Waals surface area contributed by atoms with Gasteiger partial charge in [0.25, 0.3) is 5.89 Å². The predicted octanol–water partition coefficient (Wildman–Crippen LogP) is 5.36. The molecule has 0 radical (unpaired) electrons. The maximum absolute atomic E-state index is 13.6. The number of benzene rings is 1. The molecule has 1 fully saturated rings. The second kappa shape index (κ2) is 9.51. The molecule has 166 valence electrons. The van der Waals surface area contributed by atoms with Crippen molar-refractivity contribution in [2.24, 2.45) is 0 Å². The molecule has 3 aromatic heterocycles. The van der Waals surface area contributed by atoms with Gasteiger partial charge in [0.2, 0.25) is 5.89 Å². The van der Waals surface area contributed by atoms with Crippen LogP contribution in [0.5, 0.6) is 0 Å². The van der Waals surface area contributed by atoms with Gasteiger partial charge in [0.15, 0.2) is 11.0 Å². The van der Waals surface area contributed by atoms with E-state index in [2.05, 4.69) is 25.3 Å².